The number of hydrogen-bond donors (Lipinski definition) is 1. The van der Waals surface area contributed by atoms with Gasteiger partial charge in [-0.05, 0) is 56.5 Å². The van der Waals surface area contributed by atoms with Crippen molar-refractivity contribution in [2.24, 2.45) is 0 Å². The summed E-state index contributed by atoms with van der Waals surface area (Å²) in [4.78, 5) is 55.5. The molecule has 0 radical (unpaired) electrons. The van der Waals surface area contributed by atoms with Crippen molar-refractivity contribution in [1.82, 2.24) is 44.1 Å². The topological polar surface area (TPSA) is 143 Å². The zero-order valence-electron chi connectivity index (χ0n) is 32.2. The summed E-state index contributed by atoms with van der Waals surface area (Å²) in [6.45, 7) is 4.28. The number of aryl methyl sites for hydroxylation is 1. The molecule has 0 spiro atoms. The summed E-state index contributed by atoms with van der Waals surface area (Å²) in [7, 11) is 1.77. The largest absolute Gasteiger partial charge is 0.374 e. The highest BCUT2D eigenvalue weighted by Crippen LogP contribution is 2.40. The summed E-state index contributed by atoms with van der Waals surface area (Å²) in [5.74, 6) is -0.259. The number of nitrogens with one attached hydrogen (secondary N) is 1. The third-order valence-electron chi connectivity index (χ3n) is 12.4. The normalized spacial score (nSPS) is 24.3. The monoisotopic (exact) mass is 804 g/mol. The third-order valence-corrected chi connectivity index (χ3v) is 12.4. The molecule has 4 saturated heterocycles. The standard InChI is InChI=1S/C41H39F3N12O3/c1-21-46-31-13-23(43)11-27-30-5-3-6-35(48-30)47-24-14-33(40(58)52-9-4-10-59-26(19-52)20-53(21)36(27)31)54(17-24)37-28-16-45-56(32-8-7-22(42)12-29(32)44)38(28)50-41(49-37)55-25-15-34(55)39(57)51(2)18-25/h3,5-8,11-13,16,24-26,33-34H,4,9-10,14-15,17-20H2,1-2H3,(H,47,48)/t24-,25-,26+,33-,34+/m0/s1. The van der Waals surface area contributed by atoms with Crippen LogP contribution in [0.5, 0.6) is 0 Å². The number of hydrogen-bond acceptors (Lipinski definition) is 11. The van der Waals surface area contributed by atoms with Crippen LogP contribution in [0.2, 0.25) is 0 Å². The number of carbonyl (C=O) groups is 2. The van der Waals surface area contributed by atoms with Gasteiger partial charge < -0.3 is 34.2 Å². The minimum absolute atomic E-state index is 0.0138. The van der Waals surface area contributed by atoms with E-state index in [0.29, 0.717) is 98.2 Å². The Morgan fingerprint density at radius 3 is 2.61 bits per heavy atom. The summed E-state index contributed by atoms with van der Waals surface area (Å²) in [6.07, 6.45) is 2.79. The molecule has 59 heavy (non-hydrogen) atoms. The average Bonchev–Trinajstić information content (AvgIpc) is 3.84. The lowest BCUT2D eigenvalue weighted by Gasteiger charge is -2.54. The van der Waals surface area contributed by atoms with E-state index in [4.69, 9.17) is 24.7 Å². The Morgan fingerprint density at radius 1 is 0.881 bits per heavy atom. The van der Waals surface area contributed by atoms with Gasteiger partial charge in [0.1, 0.15) is 46.9 Å². The van der Waals surface area contributed by atoms with Crippen molar-refractivity contribution in [3.8, 4) is 16.9 Å². The maximum Gasteiger partial charge on any atom is 0.245 e. The third kappa shape index (κ3) is 5.78. The maximum atomic E-state index is 15.4. The lowest BCUT2D eigenvalue weighted by Crippen LogP contribution is -2.71. The molecule has 2 amide bonds. The predicted molar refractivity (Wildman–Crippen MR) is 211 cm³/mol. The van der Waals surface area contributed by atoms with Gasteiger partial charge in [0.2, 0.25) is 17.8 Å². The molecule has 0 saturated carbocycles. The number of fused-ring (bicyclic) bond motifs is 10. The van der Waals surface area contributed by atoms with Crippen molar-refractivity contribution in [1.29, 1.82) is 0 Å². The number of piperazine rings is 1. The first-order valence-corrected chi connectivity index (χ1v) is 19.9. The maximum absolute atomic E-state index is 15.4. The Bertz CT molecular complexity index is 2720. The number of halogens is 3. The fraction of sp³-hybridized carbons (Fsp3) is 0.390. The quantitative estimate of drug-likeness (QED) is 0.277. The Kier molecular flexibility index (Phi) is 8.12. The highest BCUT2D eigenvalue weighted by Gasteiger charge is 2.51. The minimum Gasteiger partial charge on any atom is -0.374 e. The van der Waals surface area contributed by atoms with E-state index < -0.39 is 35.6 Å². The molecule has 1 N–H and O–H groups in total. The number of likely N-dealkylation sites (tertiary alicyclic amines) is 1. The van der Waals surface area contributed by atoms with Gasteiger partial charge in [0.25, 0.3) is 0 Å². The molecule has 15 nitrogen and oxygen atoms in total. The molecular formula is C41H39F3N12O3. The molecule has 302 valence electrons. The summed E-state index contributed by atoms with van der Waals surface area (Å²) >= 11 is 0. The molecule has 5 atom stereocenters. The van der Waals surface area contributed by atoms with Gasteiger partial charge in [0.15, 0.2) is 11.5 Å². The number of piperidine rings is 1. The lowest BCUT2D eigenvalue weighted by atomic mass is 9.87. The van der Waals surface area contributed by atoms with Crippen LogP contribution in [-0.4, -0.2) is 126 Å². The first kappa shape index (κ1) is 35.8. The molecule has 0 unspecified atom stereocenters. The summed E-state index contributed by atoms with van der Waals surface area (Å²) in [6, 6.07) is 10.2. The number of likely N-dealkylation sites (N-methyl/N-ethyl adjacent to an activating group) is 1. The van der Waals surface area contributed by atoms with E-state index in [1.807, 2.05) is 44.4 Å². The van der Waals surface area contributed by atoms with Crippen LogP contribution >= 0.6 is 0 Å². The Labute approximate surface area is 335 Å². The molecule has 4 aromatic heterocycles. The SMILES string of the molecule is Cc1nc2cc(F)cc3c2n1C[C@H]1CN(CCCO1)C(=O)[C@@H]1C[C@@H](CN1c1nc(N2[C@H]4C[C@@H]2C(=O)N(C)C4)nc2c1cnn2-c1ccc(F)cc1F)Nc1cccc-3n1. The van der Waals surface area contributed by atoms with Gasteiger partial charge in [-0.3, -0.25) is 9.59 Å². The van der Waals surface area contributed by atoms with E-state index >= 15 is 13.6 Å². The van der Waals surface area contributed by atoms with Crippen molar-refractivity contribution < 1.29 is 27.5 Å². The number of rotatable bonds is 3. The van der Waals surface area contributed by atoms with Crippen LogP contribution in [-0.2, 0) is 20.9 Å². The second-order valence-corrected chi connectivity index (χ2v) is 16.1. The molecule has 5 aliphatic heterocycles. The van der Waals surface area contributed by atoms with Crippen LogP contribution in [0.15, 0.2) is 54.7 Å². The average molecular weight is 805 g/mol. The number of amides is 2. The van der Waals surface area contributed by atoms with E-state index in [2.05, 4.69) is 10.4 Å². The van der Waals surface area contributed by atoms with Gasteiger partial charge in [-0.1, -0.05) is 6.07 Å². The number of carbonyl (C=O) groups excluding carboxylic acids is 2. The molecule has 4 fully saturated rings. The summed E-state index contributed by atoms with van der Waals surface area (Å²) < 4.78 is 54.4. The molecule has 18 heteroatoms. The molecule has 11 rings (SSSR count). The zero-order valence-corrected chi connectivity index (χ0v) is 32.2. The van der Waals surface area contributed by atoms with Crippen LogP contribution < -0.4 is 15.1 Å². The van der Waals surface area contributed by atoms with Gasteiger partial charge in [-0.2, -0.15) is 15.1 Å². The van der Waals surface area contributed by atoms with Crippen molar-refractivity contribution in [3.05, 3.63) is 78.0 Å². The summed E-state index contributed by atoms with van der Waals surface area (Å²) in [5, 5.41) is 8.56. The first-order chi connectivity index (χ1) is 28.6. The first-order valence-electron chi connectivity index (χ1n) is 19.9. The fourth-order valence-electron chi connectivity index (χ4n) is 9.66. The van der Waals surface area contributed by atoms with Gasteiger partial charge in [-0.25, -0.2) is 27.8 Å². The Balaban J connectivity index is 1.06. The van der Waals surface area contributed by atoms with Crippen LogP contribution in [0.1, 0.15) is 25.1 Å². The molecule has 0 aliphatic carbocycles. The predicted octanol–water partition coefficient (Wildman–Crippen LogP) is 4.06. The number of nitrogens with zero attached hydrogens (tertiary/aromatic N) is 11. The Morgan fingerprint density at radius 2 is 1.76 bits per heavy atom. The number of imidazole rings is 1. The minimum atomic E-state index is -0.828. The van der Waals surface area contributed by atoms with E-state index in [1.165, 1.54) is 29.1 Å². The van der Waals surface area contributed by atoms with E-state index in [-0.39, 0.29) is 41.2 Å². The summed E-state index contributed by atoms with van der Waals surface area (Å²) in [5.41, 5.74) is 2.64. The van der Waals surface area contributed by atoms with E-state index in [9.17, 15) is 9.18 Å². The number of aromatic nitrogens is 7. The van der Waals surface area contributed by atoms with Gasteiger partial charge >= 0.3 is 0 Å². The van der Waals surface area contributed by atoms with Crippen molar-refractivity contribution in [2.45, 2.75) is 63.0 Å². The highest BCUT2D eigenvalue weighted by molar-refractivity contribution is 5.95. The molecule has 6 aromatic rings. The lowest BCUT2D eigenvalue weighted by molar-refractivity contribution is -0.138. The second-order valence-electron chi connectivity index (χ2n) is 16.1. The van der Waals surface area contributed by atoms with Crippen LogP contribution in [0, 0.1) is 24.4 Å². The number of pyridine rings is 1. The van der Waals surface area contributed by atoms with Gasteiger partial charge in [-0.15, -0.1) is 0 Å². The van der Waals surface area contributed by atoms with E-state index in [0.717, 1.165) is 17.6 Å². The highest BCUT2D eigenvalue weighted by atomic mass is 19.1. The Hall–Kier alpha value is -6.30. The number of anilines is 3. The van der Waals surface area contributed by atoms with Crippen LogP contribution in [0.3, 0.4) is 0 Å². The van der Waals surface area contributed by atoms with Gasteiger partial charge in [0.05, 0.1) is 47.0 Å². The molecule has 8 bridgehead atoms. The smallest absolute Gasteiger partial charge is 0.245 e. The van der Waals surface area contributed by atoms with E-state index in [1.54, 1.807) is 11.9 Å². The van der Waals surface area contributed by atoms with Crippen LogP contribution in [0.25, 0.3) is 39.0 Å². The van der Waals surface area contributed by atoms with Gasteiger partial charge in [0, 0.05) is 63.6 Å². The molecule has 9 heterocycles. The molecule has 5 aliphatic rings. The zero-order chi connectivity index (χ0) is 40.3. The number of ether oxygens (including phenoxy) is 1. The number of benzene rings is 2. The van der Waals surface area contributed by atoms with Crippen molar-refractivity contribution in [3.63, 3.8) is 0 Å². The van der Waals surface area contributed by atoms with Crippen molar-refractivity contribution >= 4 is 51.5 Å². The van der Waals surface area contributed by atoms with Crippen molar-refractivity contribution in [2.75, 3.05) is 55.0 Å². The fourth-order valence-corrected chi connectivity index (χ4v) is 9.66. The molecular weight excluding hydrogens is 766 g/mol. The van der Waals surface area contributed by atoms with Crippen LogP contribution in [0.4, 0.5) is 30.8 Å². The molecule has 2 aromatic carbocycles. The second kappa shape index (κ2) is 13.4.